The summed E-state index contributed by atoms with van der Waals surface area (Å²) in [6.07, 6.45) is -3.48. The molecule has 0 spiro atoms. The first-order valence-corrected chi connectivity index (χ1v) is 4.83. The van der Waals surface area contributed by atoms with E-state index in [4.69, 9.17) is 10.2 Å². The zero-order valence-electron chi connectivity index (χ0n) is 8.67. The maximum absolute atomic E-state index is 10.9. The summed E-state index contributed by atoms with van der Waals surface area (Å²) in [4.78, 5) is 10.9. The predicted molar refractivity (Wildman–Crippen MR) is 51.0 cm³/mol. The number of aliphatic hydroxyl groups excluding tert-OH is 4. The largest absolute Gasteiger partial charge is 0.463 e. The summed E-state index contributed by atoms with van der Waals surface area (Å²) in [6.45, 7) is 0.750. The highest BCUT2D eigenvalue weighted by atomic mass is 16.5. The normalized spacial score (nSPS) is 16.9. The molecule has 0 aliphatic rings. The molecule has 0 radical (unpaired) electrons. The minimum atomic E-state index is -1.52. The molecule has 0 saturated heterocycles. The third kappa shape index (κ3) is 5.68. The van der Waals surface area contributed by atoms with Crippen LogP contribution in [0.3, 0.4) is 0 Å². The second-order valence-corrected chi connectivity index (χ2v) is 3.24. The van der Waals surface area contributed by atoms with Gasteiger partial charge in [0.1, 0.15) is 24.9 Å². The maximum atomic E-state index is 10.9. The van der Waals surface area contributed by atoms with Crippen molar-refractivity contribution in [3.05, 3.63) is 0 Å². The Morgan fingerprint density at radius 1 is 1.27 bits per heavy atom. The van der Waals surface area contributed by atoms with Crippen LogP contribution in [0.5, 0.6) is 0 Å². The Labute approximate surface area is 88.1 Å². The van der Waals surface area contributed by atoms with E-state index in [2.05, 4.69) is 4.74 Å². The molecule has 4 N–H and O–H groups in total. The SMILES string of the molecule is CCCC(=O)OC[C@@H](O)[C@H](O)[C@@H](O)CO. The Bertz CT molecular complexity index is 183. The molecule has 0 rings (SSSR count). The number of esters is 1. The van der Waals surface area contributed by atoms with Crippen LogP contribution in [-0.2, 0) is 9.53 Å². The van der Waals surface area contributed by atoms with Crippen molar-refractivity contribution in [1.29, 1.82) is 0 Å². The van der Waals surface area contributed by atoms with Gasteiger partial charge in [-0.25, -0.2) is 0 Å². The van der Waals surface area contributed by atoms with Crippen LogP contribution in [0.2, 0.25) is 0 Å². The molecule has 6 nitrogen and oxygen atoms in total. The first kappa shape index (κ1) is 14.3. The summed E-state index contributed by atoms with van der Waals surface area (Å²) < 4.78 is 4.62. The molecule has 6 heteroatoms. The summed E-state index contributed by atoms with van der Waals surface area (Å²) >= 11 is 0. The molecule has 15 heavy (non-hydrogen) atoms. The molecule has 0 unspecified atom stereocenters. The van der Waals surface area contributed by atoms with Crippen LogP contribution in [0.1, 0.15) is 19.8 Å². The van der Waals surface area contributed by atoms with Gasteiger partial charge in [0.25, 0.3) is 0 Å². The fourth-order valence-corrected chi connectivity index (χ4v) is 0.918. The van der Waals surface area contributed by atoms with Crippen LogP contribution in [0.25, 0.3) is 0 Å². The number of ether oxygens (including phenoxy) is 1. The lowest BCUT2D eigenvalue weighted by Crippen LogP contribution is -2.42. The van der Waals surface area contributed by atoms with E-state index in [0.29, 0.717) is 6.42 Å². The van der Waals surface area contributed by atoms with Crippen molar-refractivity contribution in [2.45, 2.75) is 38.1 Å². The standard InChI is InChI=1S/C9H18O6/c1-2-3-8(13)15-5-7(12)9(14)6(11)4-10/h6-7,9-12,14H,2-5H2,1H3/t6-,7+,9+/m0/s1. The molecule has 0 bridgehead atoms. The quantitative estimate of drug-likeness (QED) is 0.387. The van der Waals surface area contributed by atoms with Gasteiger partial charge in [0.05, 0.1) is 6.61 Å². The molecule has 0 aromatic heterocycles. The topological polar surface area (TPSA) is 107 Å². The Kier molecular flexibility index (Phi) is 7.23. The molecule has 0 heterocycles. The first-order valence-electron chi connectivity index (χ1n) is 4.83. The highest BCUT2D eigenvalue weighted by molar-refractivity contribution is 5.69. The number of carbonyl (C=O) groups is 1. The summed E-state index contributed by atoms with van der Waals surface area (Å²) in [6, 6.07) is 0. The molecule has 0 saturated carbocycles. The lowest BCUT2D eigenvalue weighted by Gasteiger charge is -2.21. The van der Waals surface area contributed by atoms with E-state index in [1.165, 1.54) is 0 Å². The van der Waals surface area contributed by atoms with Crippen molar-refractivity contribution in [3.63, 3.8) is 0 Å². The van der Waals surface area contributed by atoms with Crippen LogP contribution in [0, 0.1) is 0 Å². The number of carbonyl (C=O) groups excluding carboxylic acids is 1. The van der Waals surface area contributed by atoms with Crippen molar-refractivity contribution < 1.29 is 30.0 Å². The summed E-state index contributed by atoms with van der Waals surface area (Å²) in [5.41, 5.74) is 0. The van der Waals surface area contributed by atoms with Crippen molar-refractivity contribution >= 4 is 5.97 Å². The number of rotatable bonds is 7. The molecule has 3 atom stereocenters. The Morgan fingerprint density at radius 3 is 2.33 bits per heavy atom. The molecular weight excluding hydrogens is 204 g/mol. The van der Waals surface area contributed by atoms with Crippen molar-refractivity contribution in [3.8, 4) is 0 Å². The highest BCUT2D eigenvalue weighted by Gasteiger charge is 2.24. The van der Waals surface area contributed by atoms with Crippen LogP contribution in [0.4, 0.5) is 0 Å². The smallest absolute Gasteiger partial charge is 0.305 e. The summed E-state index contributed by atoms with van der Waals surface area (Å²) in [7, 11) is 0. The van der Waals surface area contributed by atoms with Crippen LogP contribution < -0.4 is 0 Å². The third-order valence-corrected chi connectivity index (χ3v) is 1.84. The summed E-state index contributed by atoms with van der Waals surface area (Å²) in [5.74, 6) is -0.470. The highest BCUT2D eigenvalue weighted by Crippen LogP contribution is 2.02. The summed E-state index contributed by atoms with van der Waals surface area (Å²) in [5, 5.41) is 35.9. The van der Waals surface area contributed by atoms with E-state index in [-0.39, 0.29) is 6.42 Å². The Morgan fingerprint density at radius 2 is 1.87 bits per heavy atom. The fraction of sp³-hybridized carbons (Fsp3) is 0.889. The molecule has 90 valence electrons. The number of hydrogen-bond donors (Lipinski definition) is 4. The van der Waals surface area contributed by atoms with Gasteiger partial charge in [-0.15, -0.1) is 0 Å². The lowest BCUT2D eigenvalue weighted by molar-refractivity contribution is -0.152. The molecule has 0 amide bonds. The Balaban J connectivity index is 3.82. The second-order valence-electron chi connectivity index (χ2n) is 3.24. The van der Waals surface area contributed by atoms with Gasteiger partial charge in [-0.3, -0.25) is 4.79 Å². The molecule has 0 aromatic rings. The lowest BCUT2D eigenvalue weighted by atomic mass is 10.1. The second kappa shape index (κ2) is 7.58. The minimum Gasteiger partial charge on any atom is -0.463 e. The van der Waals surface area contributed by atoms with Crippen molar-refractivity contribution in [1.82, 2.24) is 0 Å². The Hall–Kier alpha value is -0.690. The van der Waals surface area contributed by atoms with Gasteiger partial charge in [0, 0.05) is 6.42 Å². The van der Waals surface area contributed by atoms with Crippen LogP contribution in [0.15, 0.2) is 0 Å². The van der Waals surface area contributed by atoms with Crippen molar-refractivity contribution in [2.75, 3.05) is 13.2 Å². The van der Waals surface area contributed by atoms with Gasteiger partial charge in [0.15, 0.2) is 0 Å². The van der Waals surface area contributed by atoms with Gasteiger partial charge in [-0.2, -0.15) is 0 Å². The van der Waals surface area contributed by atoms with Gasteiger partial charge < -0.3 is 25.2 Å². The monoisotopic (exact) mass is 222 g/mol. The van der Waals surface area contributed by atoms with E-state index in [1.807, 2.05) is 6.92 Å². The van der Waals surface area contributed by atoms with E-state index in [1.54, 1.807) is 0 Å². The average molecular weight is 222 g/mol. The maximum Gasteiger partial charge on any atom is 0.305 e. The molecule has 0 fully saturated rings. The predicted octanol–water partition coefficient (Wildman–Crippen LogP) is -1.60. The van der Waals surface area contributed by atoms with E-state index in [9.17, 15) is 15.0 Å². The van der Waals surface area contributed by atoms with Gasteiger partial charge >= 0.3 is 5.97 Å². The van der Waals surface area contributed by atoms with Gasteiger partial charge in [-0.05, 0) is 6.42 Å². The van der Waals surface area contributed by atoms with E-state index in [0.717, 1.165) is 0 Å². The molecular formula is C9H18O6. The molecule has 0 aromatic carbocycles. The minimum absolute atomic E-state index is 0.241. The average Bonchev–Trinajstić information content (AvgIpc) is 2.24. The zero-order valence-corrected chi connectivity index (χ0v) is 8.67. The van der Waals surface area contributed by atoms with Crippen molar-refractivity contribution in [2.24, 2.45) is 0 Å². The van der Waals surface area contributed by atoms with Crippen LogP contribution >= 0.6 is 0 Å². The third-order valence-electron chi connectivity index (χ3n) is 1.84. The zero-order chi connectivity index (χ0) is 11.8. The fourth-order valence-electron chi connectivity index (χ4n) is 0.918. The van der Waals surface area contributed by atoms with E-state index >= 15 is 0 Å². The number of hydrogen-bond acceptors (Lipinski definition) is 6. The number of aliphatic hydroxyl groups is 4. The van der Waals surface area contributed by atoms with Gasteiger partial charge in [-0.1, -0.05) is 6.92 Å². The van der Waals surface area contributed by atoms with Gasteiger partial charge in [0.2, 0.25) is 0 Å². The van der Waals surface area contributed by atoms with E-state index < -0.39 is 37.5 Å². The molecule has 0 aliphatic heterocycles. The first-order chi connectivity index (χ1) is 7.02. The molecule has 0 aliphatic carbocycles. The van der Waals surface area contributed by atoms with Crippen LogP contribution in [-0.4, -0.2) is 57.9 Å².